The summed E-state index contributed by atoms with van der Waals surface area (Å²) in [7, 11) is -3.37. The van der Waals surface area contributed by atoms with Crippen molar-refractivity contribution in [1.82, 2.24) is 0 Å². The van der Waals surface area contributed by atoms with Crippen LogP contribution in [0.4, 0.5) is 5.69 Å². The lowest BCUT2D eigenvalue weighted by Crippen LogP contribution is -2.20. The zero-order valence-corrected chi connectivity index (χ0v) is 12.8. The van der Waals surface area contributed by atoms with Crippen molar-refractivity contribution in [2.45, 2.75) is 33.6 Å². The van der Waals surface area contributed by atoms with Crippen LogP contribution in [0.1, 0.15) is 32.8 Å². The van der Waals surface area contributed by atoms with Gasteiger partial charge < -0.3 is 5.11 Å². The Morgan fingerprint density at radius 2 is 1.75 bits per heavy atom. The minimum atomic E-state index is -3.37. The van der Waals surface area contributed by atoms with E-state index in [-0.39, 0.29) is 17.6 Å². The Morgan fingerprint density at radius 1 is 1.20 bits per heavy atom. The van der Waals surface area contributed by atoms with Crippen molar-refractivity contribution in [1.29, 1.82) is 0 Å². The molecule has 0 aromatic heterocycles. The fourth-order valence-electron chi connectivity index (χ4n) is 1.54. The molecule has 20 heavy (non-hydrogen) atoms. The molecule has 0 unspecified atom stereocenters. The predicted octanol–water partition coefficient (Wildman–Crippen LogP) is 2.49. The van der Waals surface area contributed by atoms with Crippen LogP contribution in [0.3, 0.4) is 0 Å². The van der Waals surface area contributed by atoms with Crippen LogP contribution in [0.5, 0.6) is 0 Å². The average molecular weight is 299 g/mol. The molecule has 0 aliphatic carbocycles. The summed E-state index contributed by atoms with van der Waals surface area (Å²) in [5.41, 5.74) is 1.04. The Kier molecular flexibility index (Phi) is 5.16. The van der Waals surface area contributed by atoms with Crippen LogP contribution in [0.2, 0.25) is 0 Å². The Labute approximate surface area is 120 Å². The average Bonchev–Trinajstić information content (AvgIpc) is 2.28. The SMILES string of the molecule is CC(C)(C)CCS(=O)(=O)Nc1ccc(CC(=O)O)cc1. The van der Waals surface area contributed by atoms with E-state index in [9.17, 15) is 13.2 Å². The number of aliphatic carboxylic acids is 1. The van der Waals surface area contributed by atoms with E-state index in [1.165, 1.54) is 0 Å². The third-order valence-electron chi connectivity index (χ3n) is 2.70. The molecular weight excluding hydrogens is 278 g/mol. The minimum absolute atomic E-state index is 0.0416. The molecule has 0 radical (unpaired) electrons. The van der Waals surface area contributed by atoms with Gasteiger partial charge in [0.05, 0.1) is 12.2 Å². The second kappa shape index (κ2) is 6.26. The van der Waals surface area contributed by atoms with Gasteiger partial charge in [0.2, 0.25) is 10.0 Å². The van der Waals surface area contributed by atoms with E-state index in [4.69, 9.17) is 5.11 Å². The molecule has 0 aliphatic rings. The molecule has 0 atom stereocenters. The third-order valence-corrected chi connectivity index (χ3v) is 3.99. The maximum Gasteiger partial charge on any atom is 0.307 e. The molecule has 0 bridgehead atoms. The molecule has 0 saturated heterocycles. The molecule has 5 nitrogen and oxygen atoms in total. The molecule has 0 heterocycles. The Hall–Kier alpha value is -1.56. The van der Waals surface area contributed by atoms with Gasteiger partial charge in [-0.05, 0) is 29.5 Å². The summed E-state index contributed by atoms with van der Waals surface area (Å²) in [6.07, 6.45) is 0.497. The van der Waals surface area contributed by atoms with Gasteiger partial charge in [-0.15, -0.1) is 0 Å². The number of carbonyl (C=O) groups is 1. The van der Waals surface area contributed by atoms with E-state index in [1.54, 1.807) is 24.3 Å². The molecule has 0 fully saturated rings. The van der Waals surface area contributed by atoms with E-state index < -0.39 is 16.0 Å². The maximum absolute atomic E-state index is 11.9. The molecule has 6 heteroatoms. The normalized spacial score (nSPS) is 12.2. The van der Waals surface area contributed by atoms with Crippen molar-refractivity contribution in [3.8, 4) is 0 Å². The van der Waals surface area contributed by atoms with Crippen molar-refractivity contribution in [2.24, 2.45) is 5.41 Å². The molecule has 1 aromatic rings. The highest BCUT2D eigenvalue weighted by Crippen LogP contribution is 2.20. The number of anilines is 1. The summed E-state index contributed by atoms with van der Waals surface area (Å²) in [5.74, 6) is -0.851. The van der Waals surface area contributed by atoms with E-state index >= 15 is 0 Å². The van der Waals surface area contributed by atoms with Crippen LogP contribution in [0.15, 0.2) is 24.3 Å². The molecule has 0 amide bonds. The molecule has 112 valence electrons. The zero-order valence-electron chi connectivity index (χ0n) is 12.0. The Balaban J connectivity index is 2.66. The highest BCUT2D eigenvalue weighted by Gasteiger charge is 2.17. The monoisotopic (exact) mass is 299 g/mol. The van der Waals surface area contributed by atoms with Crippen LogP contribution in [0, 0.1) is 5.41 Å². The molecule has 1 aromatic carbocycles. The van der Waals surface area contributed by atoms with Gasteiger partial charge in [0.1, 0.15) is 0 Å². The van der Waals surface area contributed by atoms with Gasteiger partial charge in [0, 0.05) is 5.69 Å². The van der Waals surface area contributed by atoms with Crippen LogP contribution in [-0.4, -0.2) is 25.2 Å². The van der Waals surface area contributed by atoms with E-state index in [0.717, 1.165) is 0 Å². The van der Waals surface area contributed by atoms with Crippen molar-refractivity contribution in [3.05, 3.63) is 29.8 Å². The van der Waals surface area contributed by atoms with Gasteiger partial charge in [-0.1, -0.05) is 32.9 Å². The summed E-state index contributed by atoms with van der Waals surface area (Å²) >= 11 is 0. The molecule has 0 saturated carbocycles. The summed E-state index contributed by atoms with van der Waals surface area (Å²) in [4.78, 5) is 10.6. The summed E-state index contributed by atoms with van der Waals surface area (Å²) in [6, 6.07) is 6.37. The number of rotatable bonds is 6. The van der Waals surface area contributed by atoms with E-state index in [1.807, 2.05) is 20.8 Å². The molecule has 2 N–H and O–H groups in total. The van der Waals surface area contributed by atoms with Crippen molar-refractivity contribution in [3.63, 3.8) is 0 Å². The molecule has 0 aliphatic heterocycles. The Morgan fingerprint density at radius 3 is 2.20 bits per heavy atom. The van der Waals surface area contributed by atoms with Gasteiger partial charge in [0.25, 0.3) is 0 Å². The lowest BCUT2D eigenvalue weighted by Gasteiger charge is -2.18. The molecular formula is C14H21NO4S. The lowest BCUT2D eigenvalue weighted by atomic mass is 9.94. The number of sulfonamides is 1. The van der Waals surface area contributed by atoms with Crippen molar-refractivity contribution < 1.29 is 18.3 Å². The van der Waals surface area contributed by atoms with Gasteiger partial charge in [0.15, 0.2) is 0 Å². The first kappa shape index (κ1) is 16.5. The van der Waals surface area contributed by atoms with Crippen molar-refractivity contribution in [2.75, 3.05) is 10.5 Å². The highest BCUT2D eigenvalue weighted by molar-refractivity contribution is 7.92. The molecule has 1 rings (SSSR count). The second-order valence-corrected chi connectivity index (χ2v) is 7.84. The second-order valence-electron chi connectivity index (χ2n) is 6.00. The van der Waals surface area contributed by atoms with E-state index in [0.29, 0.717) is 17.7 Å². The maximum atomic E-state index is 11.9. The Bertz CT molecular complexity index is 556. The van der Waals surface area contributed by atoms with Gasteiger partial charge >= 0.3 is 5.97 Å². The summed E-state index contributed by atoms with van der Waals surface area (Å²) in [6.45, 7) is 5.97. The van der Waals surface area contributed by atoms with Gasteiger partial charge in [-0.25, -0.2) is 8.42 Å². The first-order valence-electron chi connectivity index (χ1n) is 6.39. The lowest BCUT2D eigenvalue weighted by molar-refractivity contribution is -0.136. The summed E-state index contributed by atoms with van der Waals surface area (Å²) in [5, 5.41) is 8.66. The highest BCUT2D eigenvalue weighted by atomic mass is 32.2. The van der Waals surface area contributed by atoms with Gasteiger partial charge in [-0.2, -0.15) is 0 Å². The summed E-state index contributed by atoms with van der Waals surface area (Å²) < 4.78 is 26.3. The van der Waals surface area contributed by atoms with Crippen LogP contribution >= 0.6 is 0 Å². The minimum Gasteiger partial charge on any atom is -0.481 e. The largest absolute Gasteiger partial charge is 0.481 e. The number of hydrogen-bond donors (Lipinski definition) is 2. The number of hydrogen-bond acceptors (Lipinski definition) is 3. The number of nitrogens with one attached hydrogen (secondary N) is 1. The number of benzene rings is 1. The topological polar surface area (TPSA) is 83.5 Å². The van der Waals surface area contributed by atoms with Crippen LogP contribution < -0.4 is 4.72 Å². The number of carboxylic acids is 1. The predicted molar refractivity (Wildman–Crippen MR) is 79.3 cm³/mol. The quantitative estimate of drug-likeness (QED) is 0.845. The molecule has 0 spiro atoms. The smallest absolute Gasteiger partial charge is 0.307 e. The van der Waals surface area contributed by atoms with E-state index in [2.05, 4.69) is 4.72 Å². The van der Waals surface area contributed by atoms with Crippen LogP contribution in [-0.2, 0) is 21.2 Å². The third kappa shape index (κ3) is 6.56. The van der Waals surface area contributed by atoms with Crippen LogP contribution in [0.25, 0.3) is 0 Å². The van der Waals surface area contributed by atoms with Gasteiger partial charge in [-0.3, -0.25) is 9.52 Å². The fourth-order valence-corrected chi connectivity index (χ4v) is 3.01. The first-order valence-corrected chi connectivity index (χ1v) is 8.04. The zero-order chi connectivity index (χ0) is 15.4. The fraction of sp³-hybridized carbons (Fsp3) is 0.500. The van der Waals surface area contributed by atoms with Crippen molar-refractivity contribution >= 4 is 21.7 Å². The number of carboxylic acid groups (broad SMARTS) is 1. The first-order chi connectivity index (χ1) is 9.07. The standard InChI is InChI=1S/C14H21NO4S/c1-14(2,3)8-9-20(18,19)15-12-6-4-11(5-7-12)10-13(16)17/h4-7,15H,8-10H2,1-3H3,(H,16,17).